The predicted molar refractivity (Wildman–Crippen MR) is 150 cm³/mol. The fourth-order valence-electron chi connectivity index (χ4n) is 4.26. The molecule has 1 saturated heterocycles. The number of fused-ring (bicyclic) bond motifs is 1. The fourth-order valence-corrected chi connectivity index (χ4v) is 4.26. The number of nitrogens with one attached hydrogen (secondary N) is 2. The number of likely N-dealkylation sites (N-methyl/N-ethyl adjacent to an activating group) is 1. The highest BCUT2D eigenvalue weighted by molar-refractivity contribution is 5.99. The van der Waals surface area contributed by atoms with E-state index in [9.17, 15) is 9.59 Å². The smallest absolute Gasteiger partial charge is 0.294 e. The zero-order chi connectivity index (χ0) is 26.6. The summed E-state index contributed by atoms with van der Waals surface area (Å²) < 4.78 is 7.32. The Morgan fingerprint density at radius 2 is 1.76 bits per heavy atom. The third-order valence-electron chi connectivity index (χ3n) is 6.46. The lowest BCUT2D eigenvalue weighted by Gasteiger charge is -2.34. The van der Waals surface area contributed by atoms with Crippen LogP contribution in [0.2, 0.25) is 0 Å². The first-order valence-electron chi connectivity index (χ1n) is 12.3. The van der Waals surface area contributed by atoms with Gasteiger partial charge in [-0.2, -0.15) is 4.98 Å². The zero-order valence-electron chi connectivity index (χ0n) is 21.3. The second-order valence-corrected chi connectivity index (χ2v) is 9.10. The van der Waals surface area contributed by atoms with E-state index in [1.807, 2.05) is 12.1 Å². The van der Waals surface area contributed by atoms with Gasteiger partial charge in [0.25, 0.3) is 5.56 Å². The third kappa shape index (κ3) is 5.35. The summed E-state index contributed by atoms with van der Waals surface area (Å²) in [4.78, 5) is 38.6. The molecule has 38 heavy (non-hydrogen) atoms. The number of pyridine rings is 1. The number of anilines is 4. The molecule has 2 N–H and O–H groups in total. The molecule has 0 spiro atoms. The second kappa shape index (κ2) is 10.7. The van der Waals surface area contributed by atoms with Crippen LogP contribution >= 0.6 is 0 Å². The van der Waals surface area contributed by atoms with Gasteiger partial charge < -0.3 is 25.2 Å². The van der Waals surface area contributed by atoms with Crippen molar-refractivity contribution in [2.75, 3.05) is 48.8 Å². The largest absolute Gasteiger partial charge is 0.449 e. The van der Waals surface area contributed by atoms with E-state index >= 15 is 0 Å². The van der Waals surface area contributed by atoms with Crippen LogP contribution in [0, 0.1) is 0 Å². The SMILES string of the molecule is C=CC(=O)Nc1ccccc1Oc1cc2cnc(Nc3ccc(N4CCN(C)CC4)cc3)nc2n(C)c1=O. The minimum Gasteiger partial charge on any atom is -0.449 e. The lowest BCUT2D eigenvalue weighted by molar-refractivity contribution is -0.111. The van der Waals surface area contributed by atoms with Gasteiger partial charge in [0.1, 0.15) is 5.65 Å². The Morgan fingerprint density at radius 1 is 1.03 bits per heavy atom. The number of hydrogen-bond donors (Lipinski definition) is 2. The number of nitrogens with zero attached hydrogens (tertiary/aromatic N) is 5. The van der Waals surface area contributed by atoms with Gasteiger partial charge in [-0.1, -0.05) is 18.7 Å². The summed E-state index contributed by atoms with van der Waals surface area (Å²) in [7, 11) is 3.77. The first-order valence-corrected chi connectivity index (χ1v) is 12.3. The minimum atomic E-state index is -0.380. The number of carbonyl (C=O) groups is 1. The molecule has 194 valence electrons. The van der Waals surface area contributed by atoms with Crippen molar-refractivity contribution in [3.05, 3.63) is 83.8 Å². The summed E-state index contributed by atoms with van der Waals surface area (Å²) in [6.45, 7) is 7.57. The van der Waals surface area contributed by atoms with Crippen LogP contribution in [-0.4, -0.2) is 58.6 Å². The average molecular weight is 512 g/mol. The first kappa shape index (κ1) is 25.0. The molecule has 1 fully saturated rings. The van der Waals surface area contributed by atoms with Crippen molar-refractivity contribution in [1.82, 2.24) is 19.4 Å². The summed E-state index contributed by atoms with van der Waals surface area (Å²) in [5, 5.41) is 6.53. The predicted octanol–water partition coefficient (Wildman–Crippen LogP) is 3.74. The van der Waals surface area contributed by atoms with Gasteiger partial charge in [-0.3, -0.25) is 14.2 Å². The van der Waals surface area contributed by atoms with Crippen LogP contribution in [0.3, 0.4) is 0 Å². The molecule has 2 aromatic carbocycles. The highest BCUT2D eigenvalue weighted by Gasteiger charge is 2.15. The van der Waals surface area contributed by atoms with Crippen LogP contribution in [0.25, 0.3) is 11.0 Å². The molecular formula is C28H29N7O3. The molecule has 0 bridgehead atoms. The van der Waals surface area contributed by atoms with Crippen molar-refractivity contribution in [2.45, 2.75) is 0 Å². The number of aromatic nitrogens is 3. The second-order valence-electron chi connectivity index (χ2n) is 9.10. The molecule has 4 aromatic rings. The van der Waals surface area contributed by atoms with E-state index < -0.39 is 0 Å². The van der Waals surface area contributed by atoms with Crippen molar-refractivity contribution in [3.63, 3.8) is 0 Å². The Morgan fingerprint density at radius 3 is 2.50 bits per heavy atom. The average Bonchev–Trinajstić information content (AvgIpc) is 2.94. The number of para-hydroxylation sites is 2. The van der Waals surface area contributed by atoms with Crippen molar-refractivity contribution < 1.29 is 9.53 Å². The normalized spacial score (nSPS) is 13.8. The molecule has 0 aliphatic carbocycles. The monoisotopic (exact) mass is 511 g/mol. The van der Waals surface area contributed by atoms with E-state index in [1.54, 1.807) is 43.6 Å². The number of carbonyl (C=O) groups excluding carboxylic acids is 1. The Bertz CT molecular complexity index is 1540. The van der Waals surface area contributed by atoms with E-state index in [1.165, 1.54) is 10.3 Å². The number of aryl methyl sites for hydroxylation is 1. The molecule has 0 saturated carbocycles. The number of benzene rings is 2. The molecule has 1 amide bonds. The number of amides is 1. The van der Waals surface area contributed by atoms with Crippen LogP contribution < -0.4 is 25.8 Å². The summed E-state index contributed by atoms with van der Waals surface area (Å²) in [5.74, 6) is 0.420. The Hall–Kier alpha value is -4.70. The lowest BCUT2D eigenvalue weighted by Crippen LogP contribution is -2.44. The minimum absolute atomic E-state index is 0.0871. The molecule has 3 heterocycles. The van der Waals surface area contributed by atoms with Crippen LogP contribution in [0.4, 0.5) is 23.0 Å². The van der Waals surface area contributed by atoms with E-state index in [2.05, 4.69) is 56.2 Å². The fraction of sp³-hybridized carbons (Fsp3) is 0.214. The topological polar surface area (TPSA) is 105 Å². The first-order chi connectivity index (χ1) is 18.4. The van der Waals surface area contributed by atoms with Gasteiger partial charge in [0, 0.05) is 56.2 Å². The molecule has 1 aliphatic heterocycles. The van der Waals surface area contributed by atoms with Crippen molar-refractivity contribution >= 4 is 40.0 Å². The Labute approximate surface area is 220 Å². The summed E-state index contributed by atoms with van der Waals surface area (Å²) in [6, 6.07) is 16.6. The van der Waals surface area contributed by atoms with Gasteiger partial charge in [0.15, 0.2) is 11.5 Å². The molecule has 0 unspecified atom stereocenters. The molecule has 0 atom stereocenters. The maximum absolute atomic E-state index is 13.1. The Kier molecular flexibility index (Phi) is 7.05. The molecule has 5 rings (SSSR count). The summed E-state index contributed by atoms with van der Waals surface area (Å²) in [6.07, 6.45) is 2.80. The van der Waals surface area contributed by atoms with Gasteiger partial charge in [-0.05, 0) is 55.6 Å². The molecule has 10 heteroatoms. The molecule has 2 aromatic heterocycles. The van der Waals surface area contributed by atoms with Crippen molar-refractivity contribution in [1.29, 1.82) is 0 Å². The van der Waals surface area contributed by atoms with Gasteiger partial charge in [0.05, 0.1) is 5.69 Å². The van der Waals surface area contributed by atoms with Gasteiger partial charge in [-0.15, -0.1) is 0 Å². The lowest BCUT2D eigenvalue weighted by atomic mass is 10.2. The van der Waals surface area contributed by atoms with Gasteiger partial charge in [0.2, 0.25) is 11.9 Å². The number of piperazine rings is 1. The highest BCUT2D eigenvalue weighted by atomic mass is 16.5. The van der Waals surface area contributed by atoms with Gasteiger partial charge >= 0.3 is 0 Å². The standard InChI is InChI=1S/C28H29N7O3/c1-4-25(36)31-22-7-5-6-8-23(22)38-24-17-19-18-29-28(32-26(19)34(3)27(24)37)30-20-9-11-21(12-10-20)35-15-13-33(2)14-16-35/h4-12,17-18H,1,13-16H2,2-3H3,(H,31,36)(H,29,30,32). The number of ether oxygens (including phenoxy) is 1. The van der Waals surface area contributed by atoms with E-state index in [0.29, 0.717) is 28.4 Å². The summed E-state index contributed by atoms with van der Waals surface area (Å²) >= 11 is 0. The zero-order valence-corrected chi connectivity index (χ0v) is 21.3. The molecular weight excluding hydrogens is 482 g/mol. The molecule has 0 radical (unpaired) electrons. The van der Waals surface area contributed by atoms with Gasteiger partial charge in [-0.25, -0.2) is 4.98 Å². The van der Waals surface area contributed by atoms with Crippen LogP contribution in [0.1, 0.15) is 0 Å². The maximum atomic E-state index is 13.1. The van der Waals surface area contributed by atoms with E-state index in [4.69, 9.17) is 4.74 Å². The highest BCUT2D eigenvalue weighted by Crippen LogP contribution is 2.29. The van der Waals surface area contributed by atoms with Crippen molar-refractivity contribution in [3.8, 4) is 11.5 Å². The summed E-state index contributed by atoms with van der Waals surface area (Å²) in [5.41, 5.74) is 2.55. The molecule has 10 nitrogen and oxygen atoms in total. The number of rotatable bonds is 7. The maximum Gasteiger partial charge on any atom is 0.294 e. The van der Waals surface area contributed by atoms with Crippen molar-refractivity contribution in [2.24, 2.45) is 7.05 Å². The third-order valence-corrected chi connectivity index (χ3v) is 6.46. The van der Waals surface area contributed by atoms with E-state index in [0.717, 1.165) is 37.9 Å². The quantitative estimate of drug-likeness (QED) is 0.362. The Balaban J connectivity index is 1.36. The van der Waals surface area contributed by atoms with Crippen LogP contribution in [0.5, 0.6) is 11.5 Å². The van der Waals surface area contributed by atoms with Crippen LogP contribution in [-0.2, 0) is 11.8 Å². The molecule has 1 aliphatic rings. The van der Waals surface area contributed by atoms with E-state index in [-0.39, 0.29) is 17.2 Å². The van der Waals surface area contributed by atoms with Crippen LogP contribution in [0.15, 0.2) is 78.2 Å². The number of hydrogen-bond acceptors (Lipinski definition) is 8.